The van der Waals surface area contributed by atoms with Crippen molar-refractivity contribution in [1.29, 1.82) is 0 Å². The van der Waals surface area contributed by atoms with Crippen molar-refractivity contribution in [3.63, 3.8) is 0 Å². The van der Waals surface area contributed by atoms with Gasteiger partial charge in [0, 0.05) is 12.6 Å². The number of nitrogens with zero attached hydrogens (tertiary/aromatic N) is 1. The Balaban J connectivity index is 1.72. The Morgan fingerprint density at radius 1 is 1.36 bits per heavy atom. The van der Waals surface area contributed by atoms with E-state index in [9.17, 15) is 4.79 Å². The molecule has 1 aliphatic carbocycles. The second-order valence-electron chi connectivity index (χ2n) is 4.36. The Hall–Kier alpha value is -1.31. The van der Waals surface area contributed by atoms with Gasteiger partial charge in [-0.2, -0.15) is 0 Å². The maximum atomic E-state index is 11.4. The van der Waals surface area contributed by atoms with E-state index in [1.165, 1.54) is 11.1 Å². The monoisotopic (exact) mass is 187 g/mol. The predicted octanol–water partition coefficient (Wildman–Crippen LogP) is 1.73. The van der Waals surface area contributed by atoms with Gasteiger partial charge in [-0.1, -0.05) is 29.8 Å². The minimum Gasteiger partial charge on any atom is -0.334 e. The summed E-state index contributed by atoms with van der Waals surface area (Å²) in [7, 11) is 0. The summed E-state index contributed by atoms with van der Waals surface area (Å²) in [4.78, 5) is 13.4. The normalized spacial score (nSPS) is 28.4. The van der Waals surface area contributed by atoms with Crippen molar-refractivity contribution in [2.45, 2.75) is 25.9 Å². The molecule has 2 fully saturated rings. The third-order valence-corrected chi connectivity index (χ3v) is 3.23. The van der Waals surface area contributed by atoms with Crippen molar-refractivity contribution in [1.82, 2.24) is 4.90 Å². The van der Waals surface area contributed by atoms with Crippen molar-refractivity contribution in [3.05, 3.63) is 35.4 Å². The van der Waals surface area contributed by atoms with Gasteiger partial charge in [-0.15, -0.1) is 0 Å². The van der Waals surface area contributed by atoms with Gasteiger partial charge in [-0.3, -0.25) is 4.79 Å². The molecule has 1 aliphatic heterocycles. The molecule has 0 aromatic heterocycles. The molecule has 0 bridgehead atoms. The molecule has 0 radical (unpaired) electrons. The number of amides is 1. The van der Waals surface area contributed by atoms with Crippen LogP contribution in [0.15, 0.2) is 24.3 Å². The van der Waals surface area contributed by atoms with Crippen LogP contribution in [0.3, 0.4) is 0 Å². The maximum absolute atomic E-state index is 11.4. The van der Waals surface area contributed by atoms with E-state index < -0.39 is 0 Å². The third kappa shape index (κ3) is 1.07. The Kier molecular flexibility index (Phi) is 1.49. The van der Waals surface area contributed by atoms with E-state index in [1.54, 1.807) is 0 Å². The average Bonchev–Trinajstić information content (AvgIpc) is 2.92. The maximum Gasteiger partial charge on any atom is 0.228 e. The van der Waals surface area contributed by atoms with Gasteiger partial charge in [0.15, 0.2) is 0 Å². The minimum atomic E-state index is 0.357. The van der Waals surface area contributed by atoms with Crippen LogP contribution >= 0.6 is 0 Å². The summed E-state index contributed by atoms with van der Waals surface area (Å²) >= 11 is 0. The third-order valence-electron chi connectivity index (χ3n) is 3.23. The first-order valence-corrected chi connectivity index (χ1v) is 5.12. The van der Waals surface area contributed by atoms with Gasteiger partial charge < -0.3 is 4.90 Å². The van der Waals surface area contributed by atoms with Gasteiger partial charge in [-0.05, 0) is 18.9 Å². The SMILES string of the molecule is Cc1ccc(CN2C(=O)[C@@H]3C[C@@H]32)cc1. The Morgan fingerprint density at radius 2 is 2.07 bits per heavy atom. The van der Waals surface area contributed by atoms with E-state index in [4.69, 9.17) is 0 Å². The molecular weight excluding hydrogens is 174 g/mol. The minimum absolute atomic E-state index is 0.357. The van der Waals surface area contributed by atoms with E-state index >= 15 is 0 Å². The van der Waals surface area contributed by atoms with E-state index in [1.807, 2.05) is 4.90 Å². The van der Waals surface area contributed by atoms with Crippen molar-refractivity contribution < 1.29 is 4.79 Å². The van der Waals surface area contributed by atoms with E-state index in [-0.39, 0.29) is 0 Å². The van der Waals surface area contributed by atoms with E-state index in [0.29, 0.717) is 17.9 Å². The number of likely N-dealkylation sites (tertiary alicyclic amines) is 1. The number of rotatable bonds is 2. The summed E-state index contributed by atoms with van der Waals surface area (Å²) in [6.45, 7) is 2.88. The van der Waals surface area contributed by atoms with Gasteiger partial charge in [0.1, 0.15) is 0 Å². The number of carbonyl (C=O) groups excluding carboxylic acids is 1. The molecule has 2 aliphatic rings. The topological polar surface area (TPSA) is 20.3 Å². The number of β-lactam (4-membered cyclic amide) rings is 1. The molecule has 14 heavy (non-hydrogen) atoms. The first-order valence-electron chi connectivity index (χ1n) is 5.12. The first kappa shape index (κ1) is 8.04. The highest BCUT2D eigenvalue weighted by Gasteiger charge is 2.59. The number of benzene rings is 1. The fraction of sp³-hybridized carbons (Fsp3) is 0.417. The summed E-state index contributed by atoms with van der Waals surface area (Å²) in [5.74, 6) is 0.760. The summed E-state index contributed by atoms with van der Waals surface area (Å²) in [6, 6.07) is 9.01. The van der Waals surface area contributed by atoms with Crippen LogP contribution in [0.5, 0.6) is 0 Å². The molecule has 72 valence electrons. The van der Waals surface area contributed by atoms with Crippen molar-refractivity contribution >= 4 is 5.91 Å². The lowest BCUT2D eigenvalue weighted by Crippen LogP contribution is -2.44. The highest BCUT2D eigenvalue weighted by Crippen LogP contribution is 2.47. The zero-order chi connectivity index (χ0) is 9.71. The van der Waals surface area contributed by atoms with Gasteiger partial charge in [-0.25, -0.2) is 0 Å². The van der Waals surface area contributed by atoms with Gasteiger partial charge in [0.05, 0.1) is 5.92 Å². The Morgan fingerprint density at radius 3 is 2.64 bits per heavy atom. The van der Waals surface area contributed by atoms with Crippen LogP contribution in [0.2, 0.25) is 0 Å². The molecule has 0 unspecified atom stereocenters. The number of hydrogen-bond donors (Lipinski definition) is 0. The fourth-order valence-electron chi connectivity index (χ4n) is 2.17. The van der Waals surface area contributed by atoms with Crippen LogP contribution in [0.25, 0.3) is 0 Å². The number of aryl methyl sites for hydroxylation is 1. The standard InChI is InChI=1S/C12H13NO/c1-8-2-4-9(5-3-8)7-13-11-6-10(11)12(13)14/h2-5,10-11H,6-7H2,1H3/t10-,11+/m1/s1. The molecule has 0 N–H and O–H groups in total. The van der Waals surface area contributed by atoms with E-state index in [2.05, 4.69) is 31.2 Å². The van der Waals surface area contributed by atoms with Crippen LogP contribution in [0.4, 0.5) is 0 Å². The van der Waals surface area contributed by atoms with Crippen LogP contribution in [0.1, 0.15) is 17.5 Å². The molecule has 1 amide bonds. The number of hydrogen-bond acceptors (Lipinski definition) is 1. The lowest BCUT2D eigenvalue weighted by Gasteiger charge is -2.30. The van der Waals surface area contributed by atoms with Crippen molar-refractivity contribution in [2.75, 3.05) is 0 Å². The van der Waals surface area contributed by atoms with Crippen molar-refractivity contribution in [2.24, 2.45) is 5.92 Å². The zero-order valence-corrected chi connectivity index (χ0v) is 8.23. The number of carbonyl (C=O) groups is 1. The molecule has 1 heterocycles. The molecular formula is C12H13NO. The van der Waals surface area contributed by atoms with Crippen LogP contribution < -0.4 is 0 Å². The predicted molar refractivity (Wildman–Crippen MR) is 53.6 cm³/mol. The summed E-state index contributed by atoms with van der Waals surface area (Å²) in [5.41, 5.74) is 2.52. The van der Waals surface area contributed by atoms with Crippen LogP contribution in [0, 0.1) is 12.8 Å². The second-order valence-corrected chi connectivity index (χ2v) is 4.36. The van der Waals surface area contributed by atoms with Gasteiger partial charge in [0.25, 0.3) is 0 Å². The average molecular weight is 187 g/mol. The van der Waals surface area contributed by atoms with Gasteiger partial charge >= 0.3 is 0 Å². The molecule has 1 saturated carbocycles. The summed E-state index contributed by atoms with van der Waals surface area (Å²) in [6.07, 6.45) is 1.10. The van der Waals surface area contributed by atoms with Crippen LogP contribution in [-0.4, -0.2) is 16.8 Å². The lowest BCUT2D eigenvalue weighted by atomic mass is 10.1. The van der Waals surface area contributed by atoms with E-state index in [0.717, 1.165) is 13.0 Å². The molecule has 1 aromatic carbocycles. The zero-order valence-electron chi connectivity index (χ0n) is 8.23. The largest absolute Gasteiger partial charge is 0.334 e. The molecule has 1 aromatic rings. The van der Waals surface area contributed by atoms with Crippen molar-refractivity contribution in [3.8, 4) is 0 Å². The Bertz CT molecular complexity index is 382. The number of fused-ring (bicyclic) bond motifs is 1. The Labute approximate surface area is 83.5 Å². The lowest BCUT2D eigenvalue weighted by molar-refractivity contribution is -0.141. The molecule has 0 spiro atoms. The van der Waals surface area contributed by atoms with Gasteiger partial charge in [0.2, 0.25) is 5.91 Å². The quantitative estimate of drug-likeness (QED) is 0.646. The highest BCUT2D eigenvalue weighted by molar-refractivity contribution is 5.90. The molecule has 2 heteroatoms. The molecule has 2 nitrogen and oxygen atoms in total. The first-order chi connectivity index (χ1) is 6.75. The molecule has 3 rings (SSSR count). The van der Waals surface area contributed by atoms with Crippen LogP contribution in [-0.2, 0) is 11.3 Å². The fourth-order valence-corrected chi connectivity index (χ4v) is 2.17. The highest BCUT2D eigenvalue weighted by atomic mass is 16.2. The molecule has 1 saturated heterocycles. The smallest absolute Gasteiger partial charge is 0.228 e. The second kappa shape index (κ2) is 2.59. The summed E-state index contributed by atoms with van der Waals surface area (Å²) in [5, 5.41) is 0. The molecule has 2 atom stereocenters. The summed E-state index contributed by atoms with van der Waals surface area (Å²) < 4.78 is 0.